The fraction of sp³-hybridized carbons (Fsp3) is 1.00. The Labute approximate surface area is 74.9 Å². The molecule has 0 aromatic heterocycles. The number of alkyl halides is 1. The quantitative estimate of drug-likeness (QED) is 0.544. The SMILES string of the molecule is CN1CCC(F)(C(C)(C)C)CC1. The predicted molar refractivity (Wildman–Crippen MR) is 50.0 cm³/mol. The Balaban J connectivity index is 2.62. The zero-order valence-electron chi connectivity index (χ0n) is 8.65. The summed E-state index contributed by atoms with van der Waals surface area (Å²) in [7, 11) is 2.06. The summed E-state index contributed by atoms with van der Waals surface area (Å²) in [6, 6.07) is 0. The smallest absolute Gasteiger partial charge is 0.118 e. The van der Waals surface area contributed by atoms with Gasteiger partial charge in [-0.2, -0.15) is 0 Å². The maximum atomic E-state index is 14.2. The van der Waals surface area contributed by atoms with Gasteiger partial charge in [0.15, 0.2) is 0 Å². The molecule has 1 aliphatic heterocycles. The van der Waals surface area contributed by atoms with Gasteiger partial charge in [-0.25, -0.2) is 4.39 Å². The largest absolute Gasteiger partial charge is 0.306 e. The number of piperidine rings is 1. The molecule has 1 aliphatic rings. The van der Waals surface area contributed by atoms with E-state index in [-0.39, 0.29) is 5.41 Å². The van der Waals surface area contributed by atoms with Gasteiger partial charge in [-0.3, -0.25) is 0 Å². The van der Waals surface area contributed by atoms with Crippen molar-refractivity contribution < 1.29 is 4.39 Å². The van der Waals surface area contributed by atoms with Gasteiger partial charge in [-0.05, 0) is 25.3 Å². The summed E-state index contributed by atoms with van der Waals surface area (Å²) in [5, 5.41) is 0. The lowest BCUT2D eigenvalue weighted by Gasteiger charge is -2.43. The van der Waals surface area contributed by atoms with E-state index >= 15 is 0 Å². The van der Waals surface area contributed by atoms with E-state index in [1.54, 1.807) is 0 Å². The third-order valence-electron chi connectivity index (χ3n) is 3.12. The molecule has 1 rings (SSSR count). The second-order valence-corrected chi connectivity index (χ2v) is 5.02. The van der Waals surface area contributed by atoms with E-state index in [0.717, 1.165) is 13.1 Å². The first kappa shape index (κ1) is 9.97. The van der Waals surface area contributed by atoms with Crippen LogP contribution >= 0.6 is 0 Å². The van der Waals surface area contributed by atoms with Crippen LogP contribution < -0.4 is 0 Å². The highest BCUT2D eigenvalue weighted by molar-refractivity contribution is 4.94. The number of hydrogen-bond donors (Lipinski definition) is 0. The second kappa shape index (κ2) is 2.99. The van der Waals surface area contributed by atoms with Gasteiger partial charge < -0.3 is 4.90 Å². The summed E-state index contributed by atoms with van der Waals surface area (Å²) in [5.41, 5.74) is -1.15. The molecule has 1 fully saturated rings. The third-order valence-corrected chi connectivity index (χ3v) is 3.12. The first-order valence-corrected chi connectivity index (χ1v) is 4.73. The topological polar surface area (TPSA) is 3.24 Å². The monoisotopic (exact) mass is 173 g/mol. The minimum absolute atomic E-state index is 0.200. The molecule has 2 heteroatoms. The van der Waals surface area contributed by atoms with Crippen LogP contribution in [-0.2, 0) is 0 Å². The van der Waals surface area contributed by atoms with E-state index in [0.29, 0.717) is 12.8 Å². The van der Waals surface area contributed by atoms with Gasteiger partial charge in [-0.15, -0.1) is 0 Å². The molecule has 0 aromatic rings. The number of nitrogens with zero attached hydrogens (tertiary/aromatic N) is 1. The molecule has 0 N–H and O–H groups in total. The Morgan fingerprint density at radius 1 is 1.17 bits per heavy atom. The molecule has 0 amide bonds. The zero-order valence-corrected chi connectivity index (χ0v) is 8.65. The summed E-state index contributed by atoms with van der Waals surface area (Å²) < 4.78 is 14.2. The Hall–Kier alpha value is -0.110. The van der Waals surface area contributed by atoms with Crippen molar-refractivity contribution in [3.63, 3.8) is 0 Å². The van der Waals surface area contributed by atoms with Crippen LogP contribution in [0.3, 0.4) is 0 Å². The highest BCUT2D eigenvalue weighted by Crippen LogP contribution is 2.41. The van der Waals surface area contributed by atoms with Crippen molar-refractivity contribution >= 4 is 0 Å². The van der Waals surface area contributed by atoms with Crippen LogP contribution in [0.25, 0.3) is 0 Å². The van der Waals surface area contributed by atoms with Gasteiger partial charge in [0, 0.05) is 13.1 Å². The molecule has 0 saturated carbocycles. The van der Waals surface area contributed by atoms with Crippen molar-refractivity contribution in [1.82, 2.24) is 4.90 Å². The lowest BCUT2D eigenvalue weighted by molar-refractivity contribution is -0.0241. The molecule has 72 valence electrons. The summed E-state index contributed by atoms with van der Waals surface area (Å²) in [6.07, 6.45) is 1.38. The molecule has 1 saturated heterocycles. The third kappa shape index (κ3) is 1.79. The van der Waals surface area contributed by atoms with Crippen LogP contribution in [0.1, 0.15) is 33.6 Å². The molecule has 1 heterocycles. The molecule has 0 bridgehead atoms. The van der Waals surface area contributed by atoms with Gasteiger partial charge in [0.05, 0.1) is 0 Å². The summed E-state index contributed by atoms with van der Waals surface area (Å²) >= 11 is 0. The van der Waals surface area contributed by atoms with Gasteiger partial charge in [0.1, 0.15) is 5.67 Å². The predicted octanol–water partition coefficient (Wildman–Crippen LogP) is 2.47. The van der Waals surface area contributed by atoms with E-state index in [9.17, 15) is 4.39 Å². The maximum Gasteiger partial charge on any atom is 0.118 e. The average Bonchev–Trinajstić information content (AvgIpc) is 1.93. The molecule has 0 spiro atoms. The van der Waals surface area contributed by atoms with Crippen molar-refractivity contribution in [2.45, 2.75) is 39.3 Å². The standard InChI is InChI=1S/C10H20FN/c1-9(2,3)10(11)5-7-12(4)8-6-10/h5-8H2,1-4H3. The first-order chi connectivity index (χ1) is 5.35. The Morgan fingerprint density at radius 2 is 1.58 bits per heavy atom. The van der Waals surface area contributed by atoms with E-state index in [1.807, 2.05) is 20.8 Å². The normalized spacial score (nSPS) is 25.8. The van der Waals surface area contributed by atoms with Crippen LogP contribution in [-0.4, -0.2) is 30.7 Å². The number of halogens is 1. The number of likely N-dealkylation sites (tertiary alicyclic amines) is 1. The second-order valence-electron chi connectivity index (χ2n) is 5.02. The molecular formula is C10H20FN. The average molecular weight is 173 g/mol. The summed E-state index contributed by atoms with van der Waals surface area (Å²) in [6.45, 7) is 7.79. The summed E-state index contributed by atoms with van der Waals surface area (Å²) in [4.78, 5) is 2.20. The maximum absolute atomic E-state index is 14.2. The molecule has 0 aliphatic carbocycles. The Morgan fingerprint density at radius 3 is 1.92 bits per heavy atom. The Kier molecular flexibility index (Phi) is 2.48. The fourth-order valence-corrected chi connectivity index (χ4v) is 1.72. The van der Waals surface area contributed by atoms with Gasteiger partial charge >= 0.3 is 0 Å². The van der Waals surface area contributed by atoms with Crippen LogP contribution in [0, 0.1) is 5.41 Å². The van der Waals surface area contributed by atoms with Gasteiger partial charge in [0.2, 0.25) is 0 Å². The molecule has 1 nitrogen and oxygen atoms in total. The van der Waals surface area contributed by atoms with Crippen molar-refractivity contribution in [1.29, 1.82) is 0 Å². The number of hydrogen-bond acceptors (Lipinski definition) is 1. The van der Waals surface area contributed by atoms with Crippen molar-refractivity contribution in [3.05, 3.63) is 0 Å². The minimum atomic E-state index is -0.945. The lowest BCUT2D eigenvalue weighted by Crippen LogP contribution is -2.47. The fourth-order valence-electron chi connectivity index (χ4n) is 1.72. The van der Waals surface area contributed by atoms with Crippen LogP contribution in [0.5, 0.6) is 0 Å². The number of rotatable bonds is 0. The highest BCUT2D eigenvalue weighted by Gasteiger charge is 2.43. The van der Waals surface area contributed by atoms with Crippen LogP contribution in [0.4, 0.5) is 4.39 Å². The first-order valence-electron chi connectivity index (χ1n) is 4.73. The lowest BCUT2D eigenvalue weighted by atomic mass is 9.72. The molecular weight excluding hydrogens is 153 g/mol. The van der Waals surface area contributed by atoms with Gasteiger partial charge in [-0.1, -0.05) is 20.8 Å². The van der Waals surface area contributed by atoms with Crippen molar-refractivity contribution in [3.8, 4) is 0 Å². The van der Waals surface area contributed by atoms with Crippen molar-refractivity contribution in [2.75, 3.05) is 20.1 Å². The van der Waals surface area contributed by atoms with E-state index in [4.69, 9.17) is 0 Å². The van der Waals surface area contributed by atoms with Crippen molar-refractivity contribution in [2.24, 2.45) is 5.41 Å². The zero-order chi connectivity index (χ0) is 9.41. The van der Waals surface area contributed by atoms with E-state index < -0.39 is 5.67 Å². The molecule has 0 radical (unpaired) electrons. The summed E-state index contributed by atoms with van der Waals surface area (Å²) in [5.74, 6) is 0. The van der Waals surface area contributed by atoms with E-state index in [2.05, 4.69) is 11.9 Å². The van der Waals surface area contributed by atoms with E-state index in [1.165, 1.54) is 0 Å². The Bertz CT molecular complexity index is 152. The molecule has 0 aromatic carbocycles. The van der Waals surface area contributed by atoms with Crippen LogP contribution in [0.15, 0.2) is 0 Å². The van der Waals surface area contributed by atoms with Crippen LogP contribution in [0.2, 0.25) is 0 Å². The van der Waals surface area contributed by atoms with Gasteiger partial charge in [0.25, 0.3) is 0 Å². The molecule has 0 atom stereocenters. The minimum Gasteiger partial charge on any atom is -0.306 e. The molecule has 0 unspecified atom stereocenters. The molecule has 12 heavy (non-hydrogen) atoms. The highest BCUT2D eigenvalue weighted by atomic mass is 19.1.